The van der Waals surface area contributed by atoms with Gasteiger partial charge in [-0.3, -0.25) is 0 Å². The highest BCUT2D eigenvalue weighted by Gasteiger charge is 2.07. The molecule has 2 aromatic carbocycles. The third-order valence-corrected chi connectivity index (χ3v) is 3.49. The van der Waals surface area contributed by atoms with E-state index >= 15 is 0 Å². The number of anilines is 1. The van der Waals surface area contributed by atoms with Crippen LogP contribution in [0, 0.1) is 11.6 Å². The van der Waals surface area contributed by atoms with Crippen molar-refractivity contribution in [2.24, 2.45) is 0 Å². The van der Waals surface area contributed by atoms with E-state index in [2.05, 4.69) is 21.2 Å². The van der Waals surface area contributed by atoms with Gasteiger partial charge in [-0.2, -0.15) is 0 Å². The van der Waals surface area contributed by atoms with Gasteiger partial charge in [0.2, 0.25) is 0 Å². The molecule has 0 saturated carbocycles. The van der Waals surface area contributed by atoms with E-state index < -0.39 is 0 Å². The molecule has 0 radical (unpaired) electrons. The highest BCUT2D eigenvalue weighted by atomic mass is 79.9. The molecular formula is C15H14BrF2NO. The smallest absolute Gasteiger partial charge is 0.145 e. The summed E-state index contributed by atoms with van der Waals surface area (Å²) >= 11 is 3.37. The monoisotopic (exact) mass is 341 g/mol. The van der Waals surface area contributed by atoms with Crippen molar-refractivity contribution < 1.29 is 13.5 Å². The third-order valence-electron chi connectivity index (χ3n) is 2.72. The van der Waals surface area contributed by atoms with Crippen molar-refractivity contribution in [3.8, 4) is 5.75 Å². The molecule has 0 aliphatic rings. The molecule has 0 unspecified atom stereocenters. The maximum absolute atomic E-state index is 13.2. The van der Waals surface area contributed by atoms with Crippen LogP contribution in [-0.2, 0) is 6.54 Å². The van der Waals surface area contributed by atoms with Crippen molar-refractivity contribution >= 4 is 21.6 Å². The SMILES string of the molecule is CCOc1cc(F)ccc1NCc1cc(F)ccc1Br. The number of benzene rings is 2. The third kappa shape index (κ3) is 3.70. The molecule has 2 aromatic rings. The molecule has 0 fully saturated rings. The molecule has 0 aliphatic carbocycles. The summed E-state index contributed by atoms with van der Waals surface area (Å²) in [7, 11) is 0. The van der Waals surface area contributed by atoms with Gasteiger partial charge in [-0.1, -0.05) is 15.9 Å². The summed E-state index contributed by atoms with van der Waals surface area (Å²) in [6, 6.07) is 8.77. The average molecular weight is 342 g/mol. The number of hydrogen-bond acceptors (Lipinski definition) is 2. The molecular weight excluding hydrogens is 328 g/mol. The Kier molecular flexibility index (Phi) is 4.95. The number of hydrogen-bond donors (Lipinski definition) is 1. The van der Waals surface area contributed by atoms with Crippen molar-refractivity contribution in [1.29, 1.82) is 0 Å². The van der Waals surface area contributed by atoms with E-state index in [9.17, 15) is 8.78 Å². The van der Waals surface area contributed by atoms with Crippen molar-refractivity contribution in [2.45, 2.75) is 13.5 Å². The van der Waals surface area contributed by atoms with Gasteiger partial charge in [0.05, 0.1) is 12.3 Å². The minimum atomic E-state index is -0.356. The van der Waals surface area contributed by atoms with Gasteiger partial charge < -0.3 is 10.1 Å². The van der Waals surface area contributed by atoms with Crippen molar-refractivity contribution in [2.75, 3.05) is 11.9 Å². The molecule has 5 heteroatoms. The normalized spacial score (nSPS) is 10.4. The van der Waals surface area contributed by atoms with E-state index in [-0.39, 0.29) is 11.6 Å². The molecule has 0 bridgehead atoms. The van der Waals surface area contributed by atoms with E-state index in [0.29, 0.717) is 24.6 Å². The van der Waals surface area contributed by atoms with Gasteiger partial charge >= 0.3 is 0 Å². The van der Waals surface area contributed by atoms with Crippen LogP contribution in [0.25, 0.3) is 0 Å². The molecule has 0 amide bonds. The lowest BCUT2D eigenvalue weighted by Gasteiger charge is -2.13. The fourth-order valence-electron chi connectivity index (χ4n) is 1.79. The molecule has 20 heavy (non-hydrogen) atoms. The predicted molar refractivity (Wildman–Crippen MR) is 79.0 cm³/mol. The van der Waals surface area contributed by atoms with Crippen LogP contribution in [0.15, 0.2) is 40.9 Å². The van der Waals surface area contributed by atoms with Gasteiger partial charge in [0.25, 0.3) is 0 Å². The summed E-state index contributed by atoms with van der Waals surface area (Å²) in [4.78, 5) is 0. The summed E-state index contributed by atoms with van der Waals surface area (Å²) in [6.07, 6.45) is 0. The van der Waals surface area contributed by atoms with E-state index in [1.165, 1.54) is 24.3 Å². The van der Waals surface area contributed by atoms with Gasteiger partial charge in [0.1, 0.15) is 17.4 Å². The molecule has 106 valence electrons. The van der Waals surface area contributed by atoms with Crippen LogP contribution in [0.1, 0.15) is 12.5 Å². The highest BCUT2D eigenvalue weighted by Crippen LogP contribution is 2.27. The molecule has 1 N–H and O–H groups in total. The summed E-state index contributed by atoms with van der Waals surface area (Å²) in [5, 5.41) is 3.12. The second-order valence-electron chi connectivity index (χ2n) is 4.16. The maximum Gasteiger partial charge on any atom is 0.145 e. The van der Waals surface area contributed by atoms with Crippen LogP contribution in [0.3, 0.4) is 0 Å². The highest BCUT2D eigenvalue weighted by molar-refractivity contribution is 9.10. The summed E-state index contributed by atoms with van der Waals surface area (Å²) in [5.41, 5.74) is 1.45. The second-order valence-corrected chi connectivity index (χ2v) is 5.02. The first-order chi connectivity index (χ1) is 9.60. The van der Waals surface area contributed by atoms with E-state index in [0.717, 1.165) is 10.0 Å². The van der Waals surface area contributed by atoms with Crippen molar-refractivity contribution in [3.05, 3.63) is 58.1 Å². The molecule has 0 saturated heterocycles. The Hall–Kier alpha value is -1.62. The summed E-state index contributed by atoms with van der Waals surface area (Å²) in [5.74, 6) is -0.208. The molecule has 0 atom stereocenters. The number of rotatable bonds is 5. The standard InChI is InChI=1S/C15H14BrF2NO/c1-2-20-15-8-12(18)4-6-14(15)19-9-10-7-11(17)3-5-13(10)16/h3-8,19H,2,9H2,1H3. The molecule has 2 nitrogen and oxygen atoms in total. The fourth-order valence-corrected chi connectivity index (χ4v) is 2.17. The first-order valence-electron chi connectivity index (χ1n) is 6.20. The molecule has 0 aliphatic heterocycles. The van der Waals surface area contributed by atoms with Gasteiger partial charge in [-0.15, -0.1) is 0 Å². The molecule has 0 aromatic heterocycles. The Morgan fingerprint density at radius 1 is 1.10 bits per heavy atom. The first-order valence-corrected chi connectivity index (χ1v) is 6.99. The predicted octanol–water partition coefficient (Wildman–Crippen LogP) is 4.74. The van der Waals surface area contributed by atoms with Crippen LogP contribution in [0.5, 0.6) is 5.75 Å². The average Bonchev–Trinajstić information content (AvgIpc) is 2.42. The van der Waals surface area contributed by atoms with Crippen LogP contribution in [0.4, 0.5) is 14.5 Å². The zero-order valence-electron chi connectivity index (χ0n) is 10.9. The lowest BCUT2D eigenvalue weighted by molar-refractivity contribution is 0.340. The largest absolute Gasteiger partial charge is 0.492 e. The Bertz CT molecular complexity index is 604. The van der Waals surface area contributed by atoms with Crippen LogP contribution < -0.4 is 10.1 Å². The van der Waals surface area contributed by atoms with Crippen LogP contribution in [0.2, 0.25) is 0 Å². The van der Waals surface area contributed by atoms with E-state index in [1.54, 1.807) is 12.1 Å². The van der Waals surface area contributed by atoms with E-state index in [1.807, 2.05) is 6.92 Å². The summed E-state index contributed by atoms with van der Waals surface area (Å²) < 4.78 is 32.6. The topological polar surface area (TPSA) is 21.3 Å². The van der Waals surface area contributed by atoms with Crippen LogP contribution in [-0.4, -0.2) is 6.61 Å². The zero-order chi connectivity index (χ0) is 14.5. The Labute approximate surface area is 124 Å². The lowest BCUT2D eigenvalue weighted by atomic mass is 10.2. The second kappa shape index (κ2) is 6.70. The Balaban J connectivity index is 2.16. The number of halogens is 3. The maximum atomic E-state index is 13.2. The van der Waals surface area contributed by atoms with Gasteiger partial charge in [-0.05, 0) is 42.8 Å². The van der Waals surface area contributed by atoms with Gasteiger partial charge in [-0.25, -0.2) is 8.78 Å². The quantitative estimate of drug-likeness (QED) is 0.848. The molecule has 2 rings (SSSR count). The molecule has 0 spiro atoms. The van der Waals surface area contributed by atoms with E-state index in [4.69, 9.17) is 4.74 Å². The van der Waals surface area contributed by atoms with Crippen molar-refractivity contribution in [3.63, 3.8) is 0 Å². The molecule has 0 heterocycles. The Morgan fingerprint density at radius 3 is 2.55 bits per heavy atom. The minimum absolute atomic E-state index is 0.297. The fraction of sp³-hybridized carbons (Fsp3) is 0.200. The first kappa shape index (κ1) is 14.8. The van der Waals surface area contributed by atoms with Gasteiger partial charge in [0, 0.05) is 17.1 Å². The summed E-state index contributed by atoms with van der Waals surface area (Å²) in [6.45, 7) is 2.68. The zero-order valence-corrected chi connectivity index (χ0v) is 12.5. The lowest BCUT2D eigenvalue weighted by Crippen LogP contribution is -2.04. The Morgan fingerprint density at radius 2 is 1.80 bits per heavy atom. The van der Waals surface area contributed by atoms with Gasteiger partial charge in [0.15, 0.2) is 0 Å². The van der Waals surface area contributed by atoms with Crippen LogP contribution >= 0.6 is 15.9 Å². The van der Waals surface area contributed by atoms with Crippen molar-refractivity contribution in [1.82, 2.24) is 0 Å². The number of ether oxygens (including phenoxy) is 1. The minimum Gasteiger partial charge on any atom is -0.492 e. The number of nitrogens with one attached hydrogen (secondary N) is 1.